The normalized spacial score (nSPS) is 11.8. The number of nitrogens with one attached hydrogen (secondary N) is 1. The second-order valence-corrected chi connectivity index (χ2v) is 6.13. The molecule has 0 aliphatic heterocycles. The molecule has 2 atom stereocenters. The topological polar surface area (TPSA) is 118 Å². The summed E-state index contributed by atoms with van der Waals surface area (Å²) < 4.78 is 0. The maximum atomic E-state index is 12.3. The van der Waals surface area contributed by atoms with Crippen molar-refractivity contribution in [3.8, 4) is 23.7 Å². The summed E-state index contributed by atoms with van der Waals surface area (Å²) in [7, 11) is 0. The van der Waals surface area contributed by atoms with Gasteiger partial charge < -0.3 is 21.9 Å². The second kappa shape index (κ2) is 9.94. The largest absolute Gasteiger partial charge is 0.399 e. The van der Waals surface area contributed by atoms with Crippen LogP contribution in [0, 0.1) is 23.7 Å². The van der Waals surface area contributed by atoms with Gasteiger partial charge in [0.25, 0.3) is 5.91 Å². The van der Waals surface area contributed by atoms with E-state index in [1.165, 1.54) is 0 Å². The summed E-state index contributed by atoms with van der Waals surface area (Å²) in [5.74, 6) is 10.3. The summed E-state index contributed by atoms with van der Waals surface area (Å²) in [5.41, 5.74) is 13.9. The van der Waals surface area contributed by atoms with Gasteiger partial charge in [-0.25, -0.2) is 0 Å². The van der Waals surface area contributed by atoms with Gasteiger partial charge in [-0.05, 0) is 67.3 Å². The first kappa shape index (κ1) is 20.7. The number of aliphatic hydroxyl groups is 1. The lowest BCUT2D eigenvalue weighted by molar-refractivity contribution is -0.123. The smallest absolute Gasteiger partial charge is 0.251 e. The monoisotopic (exact) mass is 375 g/mol. The highest BCUT2D eigenvalue weighted by atomic mass is 16.3. The average Bonchev–Trinajstić information content (AvgIpc) is 2.70. The van der Waals surface area contributed by atoms with E-state index >= 15 is 0 Å². The van der Waals surface area contributed by atoms with Crippen molar-refractivity contribution in [3.63, 3.8) is 0 Å². The molecular formula is C22H21N3O3. The Morgan fingerprint density at radius 1 is 1.00 bits per heavy atom. The fraction of sp³-hybridized carbons (Fsp3) is 0.182. The number of ketones is 1. The van der Waals surface area contributed by atoms with Gasteiger partial charge in [-0.3, -0.25) is 9.59 Å². The number of aliphatic hydroxyl groups excluding tert-OH is 1. The number of carbonyl (C=O) groups excluding carboxylic acids is 2. The molecule has 0 unspecified atom stereocenters. The van der Waals surface area contributed by atoms with E-state index in [1.807, 2.05) is 12.1 Å². The predicted molar refractivity (Wildman–Crippen MR) is 108 cm³/mol. The molecule has 0 saturated carbocycles. The Hall–Kier alpha value is -3.58. The van der Waals surface area contributed by atoms with E-state index < -0.39 is 30.4 Å². The molecule has 0 bridgehead atoms. The van der Waals surface area contributed by atoms with Crippen LogP contribution in [0.1, 0.15) is 28.4 Å². The van der Waals surface area contributed by atoms with Crippen molar-refractivity contribution in [2.24, 2.45) is 5.73 Å². The predicted octanol–water partition coefficient (Wildman–Crippen LogP) is 0.679. The highest BCUT2D eigenvalue weighted by Crippen LogP contribution is 2.05. The molecule has 2 rings (SSSR count). The quantitative estimate of drug-likeness (QED) is 0.453. The van der Waals surface area contributed by atoms with E-state index in [9.17, 15) is 9.59 Å². The molecule has 1 amide bonds. The minimum atomic E-state index is -0.944. The third-order valence-electron chi connectivity index (χ3n) is 3.85. The Morgan fingerprint density at radius 3 is 1.96 bits per heavy atom. The SMILES string of the molecule is C[C@@H](N)[C@H](NC(=O)c1ccc(C#CC#Cc2ccc(N)cc2)cc1)C(=O)CO. The van der Waals surface area contributed by atoms with Gasteiger partial charge in [0.1, 0.15) is 12.6 Å². The number of hydrogen-bond donors (Lipinski definition) is 4. The van der Waals surface area contributed by atoms with E-state index in [2.05, 4.69) is 29.0 Å². The molecule has 0 aliphatic carbocycles. The van der Waals surface area contributed by atoms with Crippen molar-refractivity contribution >= 4 is 17.4 Å². The molecule has 2 aromatic carbocycles. The number of rotatable bonds is 5. The zero-order chi connectivity index (χ0) is 20.5. The van der Waals surface area contributed by atoms with E-state index in [0.29, 0.717) is 16.8 Å². The number of carbonyl (C=O) groups is 2. The van der Waals surface area contributed by atoms with Gasteiger partial charge in [0, 0.05) is 28.4 Å². The van der Waals surface area contributed by atoms with Crippen LogP contribution in [-0.4, -0.2) is 35.5 Å². The minimum absolute atomic E-state index is 0.356. The molecule has 0 aromatic heterocycles. The summed E-state index contributed by atoms with van der Waals surface area (Å²) in [6, 6.07) is 12.2. The van der Waals surface area contributed by atoms with Crippen molar-refractivity contribution in [1.29, 1.82) is 0 Å². The Kier molecular flexibility index (Phi) is 7.36. The highest BCUT2D eigenvalue weighted by molar-refractivity contribution is 5.98. The van der Waals surface area contributed by atoms with Gasteiger partial charge >= 0.3 is 0 Å². The molecule has 0 radical (unpaired) electrons. The fourth-order valence-corrected chi connectivity index (χ4v) is 2.31. The molecule has 2 aromatic rings. The van der Waals surface area contributed by atoms with Crippen LogP contribution >= 0.6 is 0 Å². The Balaban J connectivity index is 2.03. The summed E-state index contributed by atoms with van der Waals surface area (Å²) >= 11 is 0. The Morgan fingerprint density at radius 2 is 1.50 bits per heavy atom. The van der Waals surface area contributed by atoms with Crippen LogP contribution in [0.3, 0.4) is 0 Å². The van der Waals surface area contributed by atoms with E-state index in [0.717, 1.165) is 5.56 Å². The molecule has 6 nitrogen and oxygen atoms in total. The van der Waals surface area contributed by atoms with Crippen LogP contribution in [0.4, 0.5) is 5.69 Å². The first-order valence-electron chi connectivity index (χ1n) is 8.58. The zero-order valence-corrected chi connectivity index (χ0v) is 15.4. The molecule has 0 aliphatic rings. The number of amides is 1. The molecule has 6 heteroatoms. The van der Waals surface area contributed by atoms with Crippen molar-refractivity contribution in [2.75, 3.05) is 12.3 Å². The van der Waals surface area contributed by atoms with Crippen molar-refractivity contribution in [3.05, 3.63) is 65.2 Å². The third-order valence-corrected chi connectivity index (χ3v) is 3.85. The molecule has 0 spiro atoms. The Labute approximate surface area is 163 Å². The third kappa shape index (κ3) is 6.00. The molecule has 142 valence electrons. The lowest BCUT2D eigenvalue weighted by Gasteiger charge is -2.20. The van der Waals surface area contributed by atoms with Crippen molar-refractivity contribution in [2.45, 2.75) is 19.0 Å². The lowest BCUT2D eigenvalue weighted by Crippen LogP contribution is -2.52. The molecule has 0 saturated heterocycles. The standard InChI is InChI=1S/C22H21N3O3/c1-15(23)21(20(27)14-26)25-22(28)18-10-6-16(7-11-18)4-2-3-5-17-8-12-19(24)13-9-17/h6-13,15,21,26H,14,23-24H2,1H3,(H,25,28)/t15-,21+/m1/s1. The zero-order valence-electron chi connectivity index (χ0n) is 15.4. The summed E-state index contributed by atoms with van der Waals surface area (Å²) in [5, 5.41) is 11.5. The van der Waals surface area contributed by atoms with E-state index in [4.69, 9.17) is 16.6 Å². The number of Topliss-reactive ketones (excluding diaryl/α,β-unsaturated/α-hetero) is 1. The van der Waals surface area contributed by atoms with Crippen LogP contribution in [0.2, 0.25) is 0 Å². The summed E-state index contributed by atoms with van der Waals surface area (Å²) in [6.07, 6.45) is 0. The highest BCUT2D eigenvalue weighted by Gasteiger charge is 2.24. The van der Waals surface area contributed by atoms with Crippen LogP contribution in [0.25, 0.3) is 0 Å². The first-order chi connectivity index (χ1) is 13.4. The maximum Gasteiger partial charge on any atom is 0.251 e. The second-order valence-electron chi connectivity index (χ2n) is 6.13. The number of nitrogen functional groups attached to an aromatic ring is 1. The van der Waals surface area contributed by atoms with Crippen molar-refractivity contribution < 1.29 is 14.7 Å². The molecule has 0 fully saturated rings. The molecular weight excluding hydrogens is 354 g/mol. The Bertz CT molecular complexity index is 957. The van der Waals surface area contributed by atoms with Gasteiger partial charge in [-0.1, -0.05) is 11.8 Å². The van der Waals surface area contributed by atoms with Gasteiger partial charge in [0.15, 0.2) is 5.78 Å². The number of benzene rings is 2. The van der Waals surface area contributed by atoms with Gasteiger partial charge in [0.2, 0.25) is 0 Å². The molecule has 28 heavy (non-hydrogen) atoms. The van der Waals surface area contributed by atoms with Gasteiger partial charge in [-0.15, -0.1) is 0 Å². The number of nitrogens with two attached hydrogens (primary N) is 2. The maximum absolute atomic E-state index is 12.3. The van der Waals surface area contributed by atoms with Crippen LogP contribution in [0.15, 0.2) is 48.5 Å². The van der Waals surface area contributed by atoms with Crippen LogP contribution < -0.4 is 16.8 Å². The summed E-state index contributed by atoms with van der Waals surface area (Å²) in [6.45, 7) is 0.904. The fourth-order valence-electron chi connectivity index (χ4n) is 2.31. The summed E-state index contributed by atoms with van der Waals surface area (Å²) in [4.78, 5) is 23.9. The van der Waals surface area contributed by atoms with E-state index in [-0.39, 0.29) is 0 Å². The van der Waals surface area contributed by atoms with Gasteiger partial charge in [-0.2, -0.15) is 0 Å². The average molecular weight is 375 g/mol. The van der Waals surface area contributed by atoms with Crippen LogP contribution in [0.5, 0.6) is 0 Å². The lowest BCUT2D eigenvalue weighted by atomic mass is 10.1. The number of hydrogen-bond acceptors (Lipinski definition) is 5. The van der Waals surface area contributed by atoms with E-state index in [1.54, 1.807) is 43.3 Å². The minimum Gasteiger partial charge on any atom is -0.399 e. The van der Waals surface area contributed by atoms with Crippen molar-refractivity contribution in [1.82, 2.24) is 5.32 Å². The number of anilines is 1. The molecule has 6 N–H and O–H groups in total. The first-order valence-corrected chi connectivity index (χ1v) is 8.58. The molecule has 0 heterocycles. The van der Waals surface area contributed by atoms with Crippen LogP contribution in [-0.2, 0) is 4.79 Å². The van der Waals surface area contributed by atoms with Gasteiger partial charge in [0.05, 0.1) is 0 Å².